The van der Waals surface area contributed by atoms with Gasteiger partial charge in [-0.2, -0.15) is 0 Å². The molecule has 0 saturated heterocycles. The lowest BCUT2D eigenvalue weighted by molar-refractivity contribution is 0.224. The van der Waals surface area contributed by atoms with Crippen LogP contribution in [0.5, 0.6) is 0 Å². The lowest BCUT2D eigenvalue weighted by atomic mass is 9.88. The molecule has 0 spiro atoms. The summed E-state index contributed by atoms with van der Waals surface area (Å²) in [5.41, 5.74) is 2.42. The highest BCUT2D eigenvalue weighted by Crippen LogP contribution is 2.33. The molecule has 0 aromatic heterocycles. The maximum absolute atomic E-state index is 14.2. The molecule has 0 N–H and O–H groups in total. The van der Waals surface area contributed by atoms with Crippen LogP contribution in [-0.4, -0.2) is 14.4 Å². The molecule has 2 aromatic rings. The second-order valence-electron chi connectivity index (χ2n) is 6.86. The van der Waals surface area contributed by atoms with Gasteiger partial charge in [0, 0.05) is 11.5 Å². The molecule has 0 aliphatic heterocycles. The smallest absolute Gasteiger partial charge is 0.184 e. The van der Waals surface area contributed by atoms with Crippen LogP contribution in [0.25, 0.3) is 5.57 Å². The zero-order valence-electron chi connectivity index (χ0n) is 14.3. The Kier molecular flexibility index (Phi) is 5.55. The fourth-order valence-electron chi connectivity index (χ4n) is 2.66. The minimum absolute atomic E-state index is 0.107. The van der Waals surface area contributed by atoms with Gasteiger partial charge in [0.15, 0.2) is 8.32 Å². The van der Waals surface area contributed by atoms with Crippen molar-refractivity contribution in [2.75, 3.05) is 0 Å². The van der Waals surface area contributed by atoms with Crippen molar-refractivity contribution in [3.05, 3.63) is 78.1 Å². The Hall–Kier alpha value is -1.71. The molecule has 3 heteroatoms. The summed E-state index contributed by atoms with van der Waals surface area (Å²) >= 11 is 0. The number of hydrogen-bond acceptors (Lipinski definition) is 1. The molecule has 23 heavy (non-hydrogen) atoms. The zero-order valence-corrected chi connectivity index (χ0v) is 15.3. The summed E-state index contributed by atoms with van der Waals surface area (Å²) in [6.07, 6.45) is -0.235. The van der Waals surface area contributed by atoms with Gasteiger partial charge >= 0.3 is 0 Å². The molecule has 0 radical (unpaired) electrons. The van der Waals surface area contributed by atoms with E-state index in [1.165, 1.54) is 11.6 Å². The highest BCUT2D eigenvalue weighted by atomic mass is 28.4. The minimum atomic E-state index is -1.81. The van der Waals surface area contributed by atoms with E-state index in [2.05, 4.69) is 45.3 Å². The predicted octanol–water partition coefficient (Wildman–Crippen LogP) is 5.86. The van der Waals surface area contributed by atoms with Gasteiger partial charge in [0.25, 0.3) is 0 Å². The highest BCUT2D eigenvalue weighted by Gasteiger charge is 2.30. The van der Waals surface area contributed by atoms with E-state index in [-0.39, 0.29) is 17.8 Å². The molecule has 0 amide bonds. The summed E-state index contributed by atoms with van der Waals surface area (Å²) in [5, 5.41) is 0. The van der Waals surface area contributed by atoms with Gasteiger partial charge in [0.05, 0.1) is 6.10 Å². The fraction of sp³-hybridized carbons (Fsp3) is 0.300. The summed E-state index contributed by atoms with van der Waals surface area (Å²) in [4.78, 5) is 0. The first-order chi connectivity index (χ1) is 10.8. The van der Waals surface area contributed by atoms with Gasteiger partial charge in [-0.3, -0.25) is 0 Å². The monoisotopic (exact) mass is 328 g/mol. The first-order valence-corrected chi connectivity index (χ1v) is 11.4. The summed E-state index contributed by atoms with van der Waals surface area (Å²) in [5.74, 6) is -0.142. The van der Waals surface area contributed by atoms with Gasteiger partial charge in [-0.05, 0) is 36.8 Å². The van der Waals surface area contributed by atoms with Crippen LogP contribution >= 0.6 is 0 Å². The van der Waals surface area contributed by atoms with E-state index < -0.39 is 8.32 Å². The molecule has 0 aliphatic carbocycles. The average molecular weight is 329 g/mol. The van der Waals surface area contributed by atoms with Crippen molar-refractivity contribution in [2.24, 2.45) is 0 Å². The zero-order chi connectivity index (χ0) is 17.0. The van der Waals surface area contributed by atoms with Crippen LogP contribution in [0.3, 0.4) is 0 Å². The SMILES string of the molecule is C=C(c1ccccc1F)[C@@H](O[Si](C)(C)C)[C@@H](C)c1ccccc1. The third-order valence-corrected chi connectivity index (χ3v) is 4.78. The predicted molar refractivity (Wildman–Crippen MR) is 98.5 cm³/mol. The molecule has 0 aliphatic rings. The number of benzene rings is 2. The van der Waals surface area contributed by atoms with Crippen molar-refractivity contribution >= 4 is 13.9 Å². The Balaban J connectivity index is 2.38. The Labute approximate surface area is 140 Å². The molecule has 0 heterocycles. The van der Waals surface area contributed by atoms with Crippen LogP contribution in [0.4, 0.5) is 4.39 Å². The largest absolute Gasteiger partial charge is 0.410 e. The molecule has 122 valence electrons. The van der Waals surface area contributed by atoms with Crippen LogP contribution < -0.4 is 0 Å². The minimum Gasteiger partial charge on any atom is -0.410 e. The maximum Gasteiger partial charge on any atom is 0.184 e. The van der Waals surface area contributed by atoms with Crippen LogP contribution in [0, 0.1) is 5.82 Å². The van der Waals surface area contributed by atoms with Crippen LogP contribution in [0.15, 0.2) is 61.2 Å². The number of rotatable bonds is 6. The van der Waals surface area contributed by atoms with Gasteiger partial charge in [-0.15, -0.1) is 0 Å². The van der Waals surface area contributed by atoms with E-state index >= 15 is 0 Å². The van der Waals surface area contributed by atoms with E-state index in [4.69, 9.17) is 4.43 Å². The molecule has 0 unspecified atom stereocenters. The first kappa shape index (κ1) is 17.6. The van der Waals surface area contributed by atoms with Gasteiger partial charge in [0.1, 0.15) is 5.82 Å². The molecule has 0 bridgehead atoms. The van der Waals surface area contributed by atoms with Crippen molar-refractivity contribution in [3.63, 3.8) is 0 Å². The van der Waals surface area contributed by atoms with Crippen LogP contribution in [0.2, 0.25) is 19.6 Å². The number of hydrogen-bond donors (Lipinski definition) is 0. The molecule has 0 saturated carbocycles. The lowest BCUT2D eigenvalue weighted by Crippen LogP contribution is -2.35. The molecule has 1 nitrogen and oxygen atoms in total. The van der Waals surface area contributed by atoms with Gasteiger partial charge in [-0.25, -0.2) is 4.39 Å². The Morgan fingerprint density at radius 2 is 1.57 bits per heavy atom. The third kappa shape index (κ3) is 4.63. The summed E-state index contributed by atoms with van der Waals surface area (Å²) in [6.45, 7) is 12.7. The van der Waals surface area contributed by atoms with Crippen molar-refractivity contribution in [2.45, 2.75) is 38.6 Å². The van der Waals surface area contributed by atoms with Crippen molar-refractivity contribution in [1.82, 2.24) is 0 Å². The molecule has 2 aromatic carbocycles. The van der Waals surface area contributed by atoms with Crippen molar-refractivity contribution in [1.29, 1.82) is 0 Å². The maximum atomic E-state index is 14.2. The summed E-state index contributed by atoms with van der Waals surface area (Å²) in [6, 6.07) is 17.0. The van der Waals surface area contributed by atoms with Gasteiger partial charge in [-0.1, -0.05) is 62.0 Å². The molecule has 2 atom stereocenters. The van der Waals surface area contributed by atoms with Crippen LogP contribution in [0.1, 0.15) is 24.0 Å². The topological polar surface area (TPSA) is 9.23 Å². The van der Waals surface area contributed by atoms with E-state index in [1.807, 2.05) is 24.3 Å². The van der Waals surface area contributed by atoms with E-state index in [9.17, 15) is 4.39 Å². The number of halogens is 1. The average Bonchev–Trinajstić information content (AvgIpc) is 2.52. The summed E-state index contributed by atoms with van der Waals surface area (Å²) < 4.78 is 20.6. The third-order valence-electron chi connectivity index (χ3n) is 3.82. The molecule has 0 fully saturated rings. The van der Waals surface area contributed by atoms with E-state index in [0.717, 1.165) is 0 Å². The Morgan fingerprint density at radius 1 is 1.00 bits per heavy atom. The Bertz CT molecular complexity index is 661. The quantitative estimate of drug-likeness (QED) is 0.603. The summed E-state index contributed by atoms with van der Waals surface area (Å²) in [7, 11) is -1.81. The molecular formula is C20H25FOSi. The Morgan fingerprint density at radius 3 is 2.13 bits per heavy atom. The fourth-order valence-corrected chi connectivity index (χ4v) is 3.77. The normalized spacial score (nSPS) is 14.3. The standard InChI is InChI=1S/C20H25FOSi/c1-15(17-11-7-6-8-12-17)20(22-23(3,4)5)16(2)18-13-9-10-14-19(18)21/h6-15,20H,2H2,1,3-5H3/t15-,20-/m0/s1. The van der Waals surface area contributed by atoms with E-state index in [1.54, 1.807) is 12.1 Å². The van der Waals surface area contributed by atoms with Gasteiger partial charge < -0.3 is 4.43 Å². The van der Waals surface area contributed by atoms with Crippen molar-refractivity contribution < 1.29 is 8.82 Å². The first-order valence-electron chi connectivity index (χ1n) is 7.96. The van der Waals surface area contributed by atoms with Gasteiger partial charge in [0.2, 0.25) is 0 Å². The molecule has 2 rings (SSSR count). The van der Waals surface area contributed by atoms with Crippen molar-refractivity contribution in [3.8, 4) is 0 Å². The lowest BCUT2D eigenvalue weighted by Gasteiger charge is -2.33. The molecular weight excluding hydrogens is 303 g/mol. The van der Waals surface area contributed by atoms with E-state index in [0.29, 0.717) is 11.1 Å². The second kappa shape index (κ2) is 7.24. The second-order valence-corrected chi connectivity index (χ2v) is 11.3. The highest BCUT2D eigenvalue weighted by molar-refractivity contribution is 6.69. The van der Waals surface area contributed by atoms with Crippen LogP contribution in [-0.2, 0) is 4.43 Å².